The van der Waals surface area contributed by atoms with Crippen LogP contribution in [-0.4, -0.2) is 11.2 Å². The van der Waals surface area contributed by atoms with Gasteiger partial charge in [0.1, 0.15) is 0 Å². The van der Waals surface area contributed by atoms with E-state index in [9.17, 15) is 5.11 Å². The maximum atomic E-state index is 9.35. The summed E-state index contributed by atoms with van der Waals surface area (Å²) in [5.74, 6) is 0. The van der Waals surface area contributed by atoms with E-state index < -0.39 is 0 Å². The quantitative estimate of drug-likeness (QED) is 0.637. The number of aliphatic hydroxyl groups excluding tert-OH is 1. The number of aliphatic hydroxyl groups is 1. The molecule has 2 aliphatic carbocycles. The minimum Gasteiger partial charge on any atom is -0.393 e. The predicted octanol–water partition coefficient (Wildman–Crippen LogP) is 1.93. The Bertz CT molecular complexity index is 310. The second-order valence-corrected chi connectivity index (χ2v) is 4.68. The Balaban J connectivity index is 1.90. The smallest absolute Gasteiger partial charge is 0.0551 e. The van der Waals surface area contributed by atoms with Crippen molar-refractivity contribution < 1.29 is 5.11 Å². The highest BCUT2D eigenvalue weighted by Crippen LogP contribution is 2.51. The Morgan fingerprint density at radius 1 is 1.08 bits per heavy atom. The molecule has 3 rings (SSSR count). The van der Waals surface area contributed by atoms with Crippen LogP contribution >= 0.6 is 0 Å². The van der Waals surface area contributed by atoms with Crippen LogP contribution in [0.15, 0.2) is 24.3 Å². The van der Waals surface area contributed by atoms with Gasteiger partial charge in [-0.2, -0.15) is 0 Å². The minimum atomic E-state index is -0.0192. The lowest BCUT2D eigenvalue weighted by Gasteiger charge is -2.42. The molecule has 13 heavy (non-hydrogen) atoms. The summed E-state index contributed by atoms with van der Waals surface area (Å²) >= 11 is 0. The Morgan fingerprint density at radius 3 is 2.08 bits per heavy atom. The molecule has 0 amide bonds. The standard InChI is InChI=1S/C12H14O/c13-11-7-12(8-11)5-9-3-1-2-4-10(9)6-12/h1-4,11,13H,5-8H2. The van der Waals surface area contributed by atoms with Gasteiger partial charge < -0.3 is 5.11 Å². The molecule has 0 radical (unpaired) electrons. The predicted molar refractivity (Wildman–Crippen MR) is 51.5 cm³/mol. The lowest BCUT2D eigenvalue weighted by molar-refractivity contribution is -0.0253. The molecule has 1 nitrogen and oxygen atoms in total. The van der Waals surface area contributed by atoms with Crippen LogP contribution in [-0.2, 0) is 12.8 Å². The monoisotopic (exact) mass is 174 g/mol. The first kappa shape index (κ1) is 7.57. The Morgan fingerprint density at radius 2 is 1.62 bits per heavy atom. The van der Waals surface area contributed by atoms with Crippen molar-refractivity contribution in [2.45, 2.75) is 31.8 Å². The molecule has 1 fully saturated rings. The van der Waals surface area contributed by atoms with Gasteiger partial charge in [0.25, 0.3) is 0 Å². The van der Waals surface area contributed by atoms with Crippen LogP contribution in [0.25, 0.3) is 0 Å². The molecular formula is C12H14O. The number of hydrogen-bond donors (Lipinski definition) is 1. The van der Waals surface area contributed by atoms with E-state index in [-0.39, 0.29) is 6.10 Å². The van der Waals surface area contributed by atoms with E-state index in [4.69, 9.17) is 0 Å². The van der Waals surface area contributed by atoms with Gasteiger partial charge >= 0.3 is 0 Å². The third kappa shape index (κ3) is 1.03. The summed E-state index contributed by atoms with van der Waals surface area (Å²) in [6, 6.07) is 8.70. The van der Waals surface area contributed by atoms with E-state index in [1.807, 2.05) is 0 Å². The van der Waals surface area contributed by atoms with Crippen molar-refractivity contribution in [1.82, 2.24) is 0 Å². The molecular weight excluding hydrogens is 160 g/mol. The van der Waals surface area contributed by atoms with E-state index in [0.717, 1.165) is 12.8 Å². The maximum absolute atomic E-state index is 9.35. The molecule has 1 aromatic carbocycles. The number of rotatable bonds is 0. The van der Waals surface area contributed by atoms with Crippen molar-refractivity contribution in [1.29, 1.82) is 0 Å². The van der Waals surface area contributed by atoms with E-state index in [2.05, 4.69) is 24.3 Å². The highest BCUT2D eigenvalue weighted by atomic mass is 16.3. The van der Waals surface area contributed by atoms with Gasteiger partial charge in [-0.15, -0.1) is 0 Å². The highest BCUT2D eigenvalue weighted by Gasteiger charge is 2.46. The van der Waals surface area contributed by atoms with Gasteiger partial charge in [0, 0.05) is 0 Å². The Hall–Kier alpha value is -0.820. The van der Waals surface area contributed by atoms with Crippen LogP contribution in [0.1, 0.15) is 24.0 Å². The van der Waals surface area contributed by atoms with Crippen molar-refractivity contribution in [2.75, 3.05) is 0 Å². The number of benzene rings is 1. The zero-order chi connectivity index (χ0) is 8.89. The fourth-order valence-electron chi connectivity index (χ4n) is 3.00. The number of fused-ring (bicyclic) bond motifs is 1. The molecule has 1 spiro atoms. The second kappa shape index (κ2) is 2.36. The van der Waals surface area contributed by atoms with Crippen molar-refractivity contribution >= 4 is 0 Å². The van der Waals surface area contributed by atoms with Crippen LogP contribution in [0.5, 0.6) is 0 Å². The molecule has 0 aromatic heterocycles. The molecule has 0 atom stereocenters. The lowest BCUT2D eigenvalue weighted by atomic mass is 9.65. The van der Waals surface area contributed by atoms with Gasteiger partial charge in [0.2, 0.25) is 0 Å². The van der Waals surface area contributed by atoms with E-state index >= 15 is 0 Å². The van der Waals surface area contributed by atoms with Crippen LogP contribution in [0.2, 0.25) is 0 Å². The topological polar surface area (TPSA) is 20.2 Å². The molecule has 0 bridgehead atoms. The van der Waals surface area contributed by atoms with Gasteiger partial charge in [-0.05, 0) is 42.2 Å². The van der Waals surface area contributed by atoms with E-state index in [0.29, 0.717) is 5.41 Å². The van der Waals surface area contributed by atoms with Gasteiger partial charge in [-0.1, -0.05) is 24.3 Å². The summed E-state index contributed by atoms with van der Waals surface area (Å²) in [7, 11) is 0. The molecule has 68 valence electrons. The third-order valence-corrected chi connectivity index (χ3v) is 3.59. The van der Waals surface area contributed by atoms with Crippen LogP contribution < -0.4 is 0 Å². The average molecular weight is 174 g/mol. The number of hydrogen-bond acceptors (Lipinski definition) is 1. The SMILES string of the molecule is OC1CC2(Cc3ccccc3C2)C1. The highest BCUT2D eigenvalue weighted by molar-refractivity contribution is 5.35. The van der Waals surface area contributed by atoms with Crippen molar-refractivity contribution in [3.05, 3.63) is 35.4 Å². The molecule has 1 saturated carbocycles. The summed E-state index contributed by atoms with van der Waals surface area (Å²) in [5, 5.41) is 9.35. The fraction of sp³-hybridized carbons (Fsp3) is 0.500. The summed E-state index contributed by atoms with van der Waals surface area (Å²) < 4.78 is 0. The summed E-state index contributed by atoms with van der Waals surface area (Å²) in [6.45, 7) is 0. The molecule has 1 N–H and O–H groups in total. The maximum Gasteiger partial charge on any atom is 0.0551 e. The van der Waals surface area contributed by atoms with Crippen molar-refractivity contribution in [3.8, 4) is 0 Å². The first-order valence-electron chi connectivity index (χ1n) is 5.02. The largest absolute Gasteiger partial charge is 0.393 e. The molecule has 0 unspecified atom stereocenters. The molecule has 1 aromatic rings. The minimum absolute atomic E-state index is 0.0192. The summed E-state index contributed by atoms with van der Waals surface area (Å²) in [5.41, 5.74) is 3.46. The van der Waals surface area contributed by atoms with Gasteiger partial charge in [0.05, 0.1) is 6.10 Å². The second-order valence-electron chi connectivity index (χ2n) is 4.68. The first-order chi connectivity index (χ1) is 6.27. The van der Waals surface area contributed by atoms with E-state index in [1.165, 1.54) is 24.0 Å². The first-order valence-corrected chi connectivity index (χ1v) is 5.02. The molecule has 1 heteroatoms. The van der Waals surface area contributed by atoms with Gasteiger partial charge in [-0.3, -0.25) is 0 Å². The van der Waals surface area contributed by atoms with Crippen LogP contribution in [0, 0.1) is 5.41 Å². The zero-order valence-corrected chi connectivity index (χ0v) is 7.66. The Labute approximate surface area is 78.4 Å². The average Bonchev–Trinajstić information content (AvgIpc) is 2.41. The Kier molecular flexibility index (Phi) is 1.37. The molecule has 2 aliphatic rings. The molecule has 0 heterocycles. The van der Waals surface area contributed by atoms with Gasteiger partial charge in [0.15, 0.2) is 0 Å². The normalized spacial score (nSPS) is 24.4. The zero-order valence-electron chi connectivity index (χ0n) is 7.66. The molecule has 0 aliphatic heterocycles. The van der Waals surface area contributed by atoms with E-state index in [1.54, 1.807) is 0 Å². The molecule has 0 saturated heterocycles. The fourth-order valence-corrected chi connectivity index (χ4v) is 3.00. The lowest BCUT2D eigenvalue weighted by Crippen LogP contribution is -2.41. The van der Waals surface area contributed by atoms with Crippen LogP contribution in [0.4, 0.5) is 0 Å². The third-order valence-electron chi connectivity index (χ3n) is 3.59. The van der Waals surface area contributed by atoms with Crippen molar-refractivity contribution in [3.63, 3.8) is 0 Å². The summed E-state index contributed by atoms with van der Waals surface area (Å²) in [6.07, 6.45) is 4.40. The van der Waals surface area contributed by atoms with Crippen molar-refractivity contribution in [2.24, 2.45) is 5.41 Å². The van der Waals surface area contributed by atoms with Gasteiger partial charge in [-0.25, -0.2) is 0 Å². The van der Waals surface area contributed by atoms with Crippen LogP contribution in [0.3, 0.4) is 0 Å². The summed E-state index contributed by atoms with van der Waals surface area (Å²) in [4.78, 5) is 0.